The molecule has 0 amide bonds. The number of hydrogen-bond donors (Lipinski definition) is 2. The van der Waals surface area contributed by atoms with E-state index in [0.29, 0.717) is 11.5 Å². The first-order valence-corrected chi connectivity index (χ1v) is 6.32. The lowest BCUT2D eigenvalue weighted by atomic mass is 9.89. The van der Waals surface area contributed by atoms with E-state index < -0.39 is 11.9 Å². The van der Waals surface area contributed by atoms with Crippen molar-refractivity contribution in [2.75, 3.05) is 6.54 Å². The lowest BCUT2D eigenvalue weighted by Crippen LogP contribution is -2.41. The number of piperidine rings is 1. The third-order valence-electron chi connectivity index (χ3n) is 3.37. The molecule has 0 aromatic heterocycles. The van der Waals surface area contributed by atoms with Crippen LogP contribution in [0.1, 0.15) is 31.4 Å². The first-order chi connectivity index (χ1) is 8.08. The van der Waals surface area contributed by atoms with Crippen LogP contribution in [-0.4, -0.2) is 17.7 Å². The molecule has 1 fully saturated rings. The summed E-state index contributed by atoms with van der Waals surface area (Å²) in [6.07, 6.45) is 1.43. The minimum absolute atomic E-state index is 0.0280. The van der Waals surface area contributed by atoms with E-state index in [2.05, 4.69) is 12.2 Å². The molecule has 1 aliphatic rings. The predicted octanol–water partition coefficient (Wildman–Crippen LogP) is 2.90. The molecule has 1 aromatic rings. The van der Waals surface area contributed by atoms with E-state index in [4.69, 9.17) is 11.6 Å². The molecule has 0 spiro atoms. The summed E-state index contributed by atoms with van der Waals surface area (Å²) in [4.78, 5) is 0. The Kier molecular flexibility index (Phi) is 4.02. The van der Waals surface area contributed by atoms with Crippen LogP contribution in [0.15, 0.2) is 18.2 Å². The van der Waals surface area contributed by atoms with Gasteiger partial charge in [0.15, 0.2) is 0 Å². The zero-order valence-corrected chi connectivity index (χ0v) is 10.5. The van der Waals surface area contributed by atoms with Crippen LogP contribution in [-0.2, 0) is 0 Å². The topological polar surface area (TPSA) is 32.3 Å². The molecule has 0 bridgehead atoms. The van der Waals surface area contributed by atoms with Crippen molar-refractivity contribution in [3.8, 4) is 0 Å². The molecule has 4 heteroatoms. The van der Waals surface area contributed by atoms with Gasteiger partial charge in [-0.15, -0.1) is 0 Å². The zero-order valence-electron chi connectivity index (χ0n) is 9.79. The molecular formula is C13H17ClFNO. The van der Waals surface area contributed by atoms with Gasteiger partial charge in [-0.1, -0.05) is 24.6 Å². The number of hydrogen-bond acceptors (Lipinski definition) is 2. The first-order valence-electron chi connectivity index (χ1n) is 5.94. The minimum atomic E-state index is -0.629. The van der Waals surface area contributed by atoms with Crippen LogP contribution >= 0.6 is 11.6 Å². The Labute approximate surface area is 106 Å². The standard InChI is InChI=1S/C13H17ClFNO/c1-8-4-5-16-12(6-8)13(17)9-2-3-11(15)10(14)7-9/h2-3,7-8,12-13,16-17H,4-6H2,1H3. The number of rotatable bonds is 2. The maximum absolute atomic E-state index is 13.0. The lowest BCUT2D eigenvalue weighted by molar-refractivity contribution is 0.101. The van der Waals surface area contributed by atoms with Gasteiger partial charge in [-0.3, -0.25) is 0 Å². The molecule has 0 saturated carbocycles. The number of nitrogens with one attached hydrogen (secondary N) is 1. The third-order valence-corrected chi connectivity index (χ3v) is 3.66. The summed E-state index contributed by atoms with van der Waals surface area (Å²) in [5.41, 5.74) is 0.669. The van der Waals surface area contributed by atoms with Gasteiger partial charge in [0.25, 0.3) is 0 Å². The van der Waals surface area contributed by atoms with Crippen LogP contribution in [0, 0.1) is 11.7 Å². The van der Waals surface area contributed by atoms with Crippen LogP contribution in [0.5, 0.6) is 0 Å². The van der Waals surface area contributed by atoms with Crippen LogP contribution in [0.3, 0.4) is 0 Å². The summed E-state index contributed by atoms with van der Waals surface area (Å²) in [6.45, 7) is 3.09. The van der Waals surface area contributed by atoms with Gasteiger partial charge < -0.3 is 10.4 Å². The molecule has 1 heterocycles. The zero-order chi connectivity index (χ0) is 12.4. The summed E-state index contributed by atoms with van der Waals surface area (Å²) < 4.78 is 13.0. The molecule has 1 aliphatic heterocycles. The lowest BCUT2D eigenvalue weighted by Gasteiger charge is -2.32. The fourth-order valence-electron chi connectivity index (χ4n) is 2.32. The molecule has 1 aromatic carbocycles. The second-order valence-electron chi connectivity index (χ2n) is 4.81. The van der Waals surface area contributed by atoms with Gasteiger partial charge in [0, 0.05) is 6.04 Å². The van der Waals surface area contributed by atoms with Crippen LogP contribution in [0.4, 0.5) is 4.39 Å². The molecule has 17 heavy (non-hydrogen) atoms. The molecule has 3 atom stereocenters. The first kappa shape index (κ1) is 12.8. The van der Waals surface area contributed by atoms with E-state index in [1.807, 2.05) is 0 Å². The molecule has 0 radical (unpaired) electrons. The second-order valence-corrected chi connectivity index (χ2v) is 5.22. The highest BCUT2D eigenvalue weighted by molar-refractivity contribution is 6.30. The third kappa shape index (κ3) is 2.97. The fraction of sp³-hybridized carbons (Fsp3) is 0.538. The van der Waals surface area contributed by atoms with Crippen LogP contribution < -0.4 is 5.32 Å². The Balaban J connectivity index is 2.12. The summed E-state index contributed by atoms with van der Waals surface area (Å²) >= 11 is 5.72. The van der Waals surface area contributed by atoms with Crippen molar-refractivity contribution < 1.29 is 9.50 Å². The van der Waals surface area contributed by atoms with Crippen LogP contribution in [0.2, 0.25) is 5.02 Å². The predicted molar refractivity (Wildman–Crippen MR) is 66.6 cm³/mol. The number of halogens is 2. The van der Waals surface area contributed by atoms with Gasteiger partial charge in [0.05, 0.1) is 11.1 Å². The summed E-state index contributed by atoms with van der Waals surface area (Å²) in [6, 6.07) is 4.42. The normalized spacial score (nSPS) is 26.8. The van der Waals surface area contributed by atoms with E-state index in [-0.39, 0.29) is 11.1 Å². The molecule has 2 N–H and O–H groups in total. The maximum Gasteiger partial charge on any atom is 0.141 e. The van der Waals surface area contributed by atoms with Crippen molar-refractivity contribution in [2.24, 2.45) is 5.92 Å². The van der Waals surface area contributed by atoms with Gasteiger partial charge in [0.1, 0.15) is 5.82 Å². The van der Waals surface area contributed by atoms with E-state index in [9.17, 15) is 9.50 Å². The number of benzene rings is 1. The van der Waals surface area contributed by atoms with E-state index >= 15 is 0 Å². The highest BCUT2D eigenvalue weighted by Gasteiger charge is 2.26. The Hall–Kier alpha value is -0.640. The van der Waals surface area contributed by atoms with Crippen molar-refractivity contribution in [1.29, 1.82) is 0 Å². The Morgan fingerprint density at radius 1 is 1.53 bits per heavy atom. The number of aliphatic hydroxyl groups is 1. The molecule has 2 nitrogen and oxygen atoms in total. The Bertz CT molecular complexity index is 399. The van der Waals surface area contributed by atoms with Gasteiger partial charge in [-0.25, -0.2) is 4.39 Å². The molecule has 94 valence electrons. The van der Waals surface area contributed by atoms with E-state index in [0.717, 1.165) is 19.4 Å². The van der Waals surface area contributed by atoms with Gasteiger partial charge in [-0.2, -0.15) is 0 Å². The van der Waals surface area contributed by atoms with Crippen LogP contribution in [0.25, 0.3) is 0 Å². The smallest absolute Gasteiger partial charge is 0.141 e. The Morgan fingerprint density at radius 2 is 2.29 bits per heavy atom. The molecule has 2 rings (SSSR count). The molecular weight excluding hydrogens is 241 g/mol. The minimum Gasteiger partial charge on any atom is -0.387 e. The average molecular weight is 258 g/mol. The summed E-state index contributed by atoms with van der Waals surface area (Å²) in [5, 5.41) is 13.6. The fourth-order valence-corrected chi connectivity index (χ4v) is 2.51. The van der Waals surface area contributed by atoms with Crippen molar-refractivity contribution in [1.82, 2.24) is 5.32 Å². The highest BCUT2D eigenvalue weighted by atomic mass is 35.5. The van der Waals surface area contributed by atoms with Crippen molar-refractivity contribution in [2.45, 2.75) is 31.9 Å². The second kappa shape index (κ2) is 5.34. The van der Waals surface area contributed by atoms with Crippen molar-refractivity contribution >= 4 is 11.6 Å². The maximum atomic E-state index is 13.0. The number of aliphatic hydroxyl groups excluding tert-OH is 1. The summed E-state index contributed by atoms with van der Waals surface area (Å²) in [5.74, 6) is 0.152. The van der Waals surface area contributed by atoms with Gasteiger partial charge in [-0.05, 0) is 43.0 Å². The quantitative estimate of drug-likeness (QED) is 0.854. The molecule has 1 saturated heterocycles. The van der Waals surface area contributed by atoms with E-state index in [1.54, 1.807) is 6.07 Å². The molecule has 3 unspecified atom stereocenters. The van der Waals surface area contributed by atoms with Crippen molar-refractivity contribution in [3.63, 3.8) is 0 Å². The largest absolute Gasteiger partial charge is 0.387 e. The Morgan fingerprint density at radius 3 is 2.94 bits per heavy atom. The van der Waals surface area contributed by atoms with Gasteiger partial charge in [0.2, 0.25) is 0 Å². The SMILES string of the molecule is CC1CCNC(C(O)c2ccc(F)c(Cl)c2)C1. The van der Waals surface area contributed by atoms with Gasteiger partial charge >= 0.3 is 0 Å². The van der Waals surface area contributed by atoms with E-state index in [1.165, 1.54) is 12.1 Å². The monoisotopic (exact) mass is 257 g/mol. The van der Waals surface area contributed by atoms with Crippen molar-refractivity contribution in [3.05, 3.63) is 34.6 Å². The summed E-state index contributed by atoms with van der Waals surface area (Å²) in [7, 11) is 0. The highest BCUT2D eigenvalue weighted by Crippen LogP contribution is 2.28. The molecule has 0 aliphatic carbocycles. The average Bonchev–Trinajstić information content (AvgIpc) is 2.32.